The highest BCUT2D eigenvalue weighted by Crippen LogP contribution is 2.42. The molecule has 2 nitrogen and oxygen atoms in total. The lowest BCUT2D eigenvalue weighted by Crippen LogP contribution is -2.26. The monoisotopic (exact) mass is 489 g/mol. The zero-order chi connectivity index (χ0) is 23.5. The van der Waals surface area contributed by atoms with Gasteiger partial charge in [0.1, 0.15) is 11.6 Å². The van der Waals surface area contributed by atoms with Crippen LogP contribution >= 0.6 is 23.2 Å². The van der Waals surface area contributed by atoms with E-state index in [-0.39, 0.29) is 21.9 Å². The third kappa shape index (κ3) is 5.50. The Kier molecular flexibility index (Phi) is 7.55. The number of carbonyl (C=O) groups excluding carboxylic acids is 1. The first-order valence-electron chi connectivity index (χ1n) is 11.4. The molecule has 0 fully saturated rings. The van der Waals surface area contributed by atoms with E-state index in [1.165, 1.54) is 12.1 Å². The number of amides is 1. The summed E-state index contributed by atoms with van der Waals surface area (Å²) in [6.07, 6.45) is 10.6. The minimum absolute atomic E-state index is 0.117. The molecule has 1 amide bonds. The molecule has 2 unspecified atom stereocenters. The summed E-state index contributed by atoms with van der Waals surface area (Å²) in [6, 6.07) is 8.02. The van der Waals surface area contributed by atoms with Crippen LogP contribution in [0.2, 0.25) is 10.0 Å². The number of rotatable bonds is 4. The molecule has 4 rings (SSSR count). The molecule has 2 aliphatic carbocycles. The van der Waals surface area contributed by atoms with Crippen LogP contribution in [0.1, 0.15) is 61.6 Å². The van der Waals surface area contributed by atoms with E-state index in [0.29, 0.717) is 18.8 Å². The first kappa shape index (κ1) is 24.0. The van der Waals surface area contributed by atoms with Gasteiger partial charge in [0.15, 0.2) is 0 Å². The Morgan fingerprint density at radius 2 is 1.79 bits per heavy atom. The first-order chi connectivity index (χ1) is 15.8. The highest BCUT2D eigenvalue weighted by Gasteiger charge is 2.30. The fraction of sp³-hybridized carbons (Fsp3) is 0.370. The Bertz CT molecular complexity index is 1130. The lowest BCUT2D eigenvalue weighted by Gasteiger charge is -2.26. The van der Waals surface area contributed by atoms with E-state index in [1.807, 2.05) is 6.08 Å². The van der Waals surface area contributed by atoms with Crippen LogP contribution in [0.5, 0.6) is 0 Å². The molecule has 0 radical (unpaired) electrons. The van der Waals surface area contributed by atoms with Crippen LogP contribution in [0, 0.1) is 23.5 Å². The number of primary amides is 1. The number of carbonyl (C=O) groups is 1. The second-order valence-corrected chi connectivity index (χ2v) is 9.84. The van der Waals surface area contributed by atoms with Crippen LogP contribution in [0.3, 0.4) is 0 Å². The average Bonchev–Trinajstić information content (AvgIpc) is 2.89. The molecule has 2 N–H and O–H groups in total. The molecule has 0 spiro atoms. The van der Waals surface area contributed by atoms with Crippen LogP contribution in [-0.2, 0) is 11.2 Å². The highest BCUT2D eigenvalue weighted by molar-refractivity contribution is 6.31. The van der Waals surface area contributed by atoms with Crippen molar-refractivity contribution in [3.8, 4) is 0 Å². The normalized spacial score (nSPS) is 21.2. The van der Waals surface area contributed by atoms with Gasteiger partial charge in [0.2, 0.25) is 5.91 Å². The maximum absolute atomic E-state index is 14.3. The van der Waals surface area contributed by atoms with Crippen molar-refractivity contribution in [1.29, 1.82) is 0 Å². The van der Waals surface area contributed by atoms with Gasteiger partial charge in [-0.2, -0.15) is 0 Å². The van der Waals surface area contributed by atoms with Gasteiger partial charge >= 0.3 is 0 Å². The fourth-order valence-electron chi connectivity index (χ4n) is 5.19. The van der Waals surface area contributed by atoms with E-state index in [0.717, 1.165) is 66.4 Å². The Labute approximate surface area is 203 Å². The van der Waals surface area contributed by atoms with Crippen molar-refractivity contribution in [2.45, 2.75) is 51.4 Å². The largest absolute Gasteiger partial charge is 0.369 e. The zero-order valence-electron chi connectivity index (χ0n) is 18.4. The van der Waals surface area contributed by atoms with Crippen molar-refractivity contribution >= 4 is 40.8 Å². The van der Waals surface area contributed by atoms with E-state index >= 15 is 0 Å². The van der Waals surface area contributed by atoms with Crippen LogP contribution in [-0.4, -0.2) is 5.91 Å². The third-order valence-corrected chi connectivity index (χ3v) is 7.51. The van der Waals surface area contributed by atoms with E-state index in [4.69, 9.17) is 28.9 Å². The van der Waals surface area contributed by atoms with Crippen molar-refractivity contribution in [1.82, 2.24) is 0 Å². The quantitative estimate of drug-likeness (QED) is 0.468. The molecule has 6 heteroatoms. The van der Waals surface area contributed by atoms with E-state index in [9.17, 15) is 13.6 Å². The Balaban J connectivity index is 1.55. The number of aryl methyl sites for hydroxylation is 1. The highest BCUT2D eigenvalue weighted by atomic mass is 35.5. The first-order valence-corrected chi connectivity index (χ1v) is 12.2. The third-order valence-electron chi connectivity index (χ3n) is 6.91. The van der Waals surface area contributed by atoms with Gasteiger partial charge in [-0.25, -0.2) is 8.78 Å². The van der Waals surface area contributed by atoms with E-state index < -0.39 is 11.6 Å². The van der Waals surface area contributed by atoms with Crippen molar-refractivity contribution in [3.05, 3.63) is 80.4 Å². The maximum atomic E-state index is 14.3. The number of nitrogens with two attached hydrogens (primary N) is 1. The molecule has 2 aliphatic rings. The van der Waals surface area contributed by atoms with Crippen LogP contribution in [0.25, 0.3) is 11.6 Å². The van der Waals surface area contributed by atoms with E-state index in [2.05, 4.69) is 6.08 Å². The molecule has 0 saturated heterocycles. The van der Waals surface area contributed by atoms with Crippen LogP contribution in [0.15, 0.2) is 42.0 Å². The van der Waals surface area contributed by atoms with Gasteiger partial charge in [-0.3, -0.25) is 4.79 Å². The molecule has 174 valence electrons. The van der Waals surface area contributed by atoms with Gasteiger partial charge in [0.25, 0.3) is 0 Å². The number of fused-ring (bicyclic) bond motifs is 2. The summed E-state index contributed by atoms with van der Waals surface area (Å²) >= 11 is 11.8. The van der Waals surface area contributed by atoms with E-state index in [1.54, 1.807) is 18.2 Å². The summed E-state index contributed by atoms with van der Waals surface area (Å²) in [5, 5.41) is 0.235. The maximum Gasteiger partial charge on any atom is 0.224 e. The number of halogens is 4. The molecular formula is C27H27Cl2F2NO. The molecule has 0 saturated carbocycles. The summed E-state index contributed by atoms with van der Waals surface area (Å²) in [4.78, 5) is 12.3. The Morgan fingerprint density at radius 1 is 1.00 bits per heavy atom. The van der Waals surface area contributed by atoms with Crippen molar-refractivity contribution in [2.75, 3.05) is 0 Å². The summed E-state index contributed by atoms with van der Waals surface area (Å²) < 4.78 is 28.0. The standard InChI is InChI=1S/C27H27Cl2F2NO/c28-23-12-8-17(13-25(23)30)5-1-3-16-4-2-6-19-20(10-7-16)21(27(32)33)11-9-18-14-24(29)26(31)15-22(18)19/h1,5,8,12-16,21H,2-4,6-7,9-11H2,(H2,32,33)/b5-1+. The summed E-state index contributed by atoms with van der Waals surface area (Å²) in [5.74, 6) is -1.05. The minimum Gasteiger partial charge on any atom is -0.369 e. The number of allylic oxidation sites excluding steroid dienone is 2. The predicted molar refractivity (Wildman–Crippen MR) is 131 cm³/mol. The van der Waals surface area contributed by atoms with Gasteiger partial charge in [-0.15, -0.1) is 0 Å². The Morgan fingerprint density at radius 3 is 2.55 bits per heavy atom. The van der Waals surface area contributed by atoms with Gasteiger partial charge in [0, 0.05) is 0 Å². The van der Waals surface area contributed by atoms with Crippen LogP contribution in [0.4, 0.5) is 8.78 Å². The predicted octanol–water partition coefficient (Wildman–Crippen LogP) is 7.76. The summed E-state index contributed by atoms with van der Waals surface area (Å²) in [6.45, 7) is 0. The lowest BCUT2D eigenvalue weighted by atomic mass is 9.79. The van der Waals surface area contributed by atoms with Gasteiger partial charge < -0.3 is 5.73 Å². The molecule has 33 heavy (non-hydrogen) atoms. The second kappa shape index (κ2) is 10.4. The average molecular weight is 490 g/mol. The second-order valence-electron chi connectivity index (χ2n) is 9.03. The summed E-state index contributed by atoms with van der Waals surface area (Å²) in [7, 11) is 0. The van der Waals surface area contributed by atoms with Gasteiger partial charge in [-0.05, 0) is 104 Å². The van der Waals surface area contributed by atoms with Gasteiger partial charge in [0.05, 0.1) is 16.0 Å². The van der Waals surface area contributed by atoms with Crippen molar-refractivity contribution in [2.24, 2.45) is 17.6 Å². The van der Waals surface area contributed by atoms with Gasteiger partial charge in [-0.1, -0.05) is 47.0 Å². The molecule has 2 aromatic rings. The zero-order valence-corrected chi connectivity index (χ0v) is 19.9. The lowest BCUT2D eigenvalue weighted by molar-refractivity contribution is -0.120. The molecule has 2 aromatic carbocycles. The fourth-order valence-corrected chi connectivity index (χ4v) is 5.49. The van der Waals surface area contributed by atoms with Crippen molar-refractivity contribution < 1.29 is 13.6 Å². The molecule has 0 aromatic heterocycles. The minimum atomic E-state index is -0.427. The molecule has 0 bridgehead atoms. The molecular weight excluding hydrogens is 463 g/mol. The van der Waals surface area contributed by atoms with Crippen molar-refractivity contribution in [3.63, 3.8) is 0 Å². The SMILES string of the molecule is NC(=O)C1CCc2cc(Cl)c(F)cc2C2=C1CCC(C/C=C/c1ccc(Cl)c(F)c1)CCC2. The topological polar surface area (TPSA) is 43.1 Å². The number of hydrogen-bond donors (Lipinski definition) is 1. The molecule has 0 heterocycles. The number of benzene rings is 2. The molecule has 0 aliphatic heterocycles. The van der Waals surface area contributed by atoms with Crippen LogP contribution < -0.4 is 5.73 Å². The Hall–Kier alpha value is -2.17. The summed E-state index contributed by atoms with van der Waals surface area (Å²) in [5.41, 5.74) is 10.6. The number of hydrogen-bond acceptors (Lipinski definition) is 1. The smallest absolute Gasteiger partial charge is 0.224 e. The molecule has 2 atom stereocenters.